The van der Waals surface area contributed by atoms with Crippen LogP contribution in [0.4, 0.5) is 18.9 Å². The second-order valence-corrected chi connectivity index (χ2v) is 11.9. The van der Waals surface area contributed by atoms with Gasteiger partial charge in [-0.05, 0) is 22.7 Å². The molecule has 1 aliphatic carbocycles. The lowest BCUT2D eigenvalue weighted by Crippen LogP contribution is -2.61. The number of likely N-dealkylation sites (tertiary alicyclic amines) is 1. The number of carbonyl (C=O) groups is 4. The molecule has 4 amide bonds. The van der Waals surface area contributed by atoms with E-state index in [1.54, 1.807) is 5.32 Å². The molecule has 4 rings (SSSR count). The zero-order chi connectivity index (χ0) is 29.8. The van der Waals surface area contributed by atoms with Gasteiger partial charge in [0.1, 0.15) is 30.1 Å². The fraction of sp³-hybridized carbons (Fsp3) is 0.640. The van der Waals surface area contributed by atoms with Crippen molar-refractivity contribution in [3.8, 4) is 11.9 Å². The number of anilines is 1. The highest BCUT2D eigenvalue weighted by molar-refractivity contribution is 5.97. The molecule has 40 heavy (non-hydrogen) atoms. The summed E-state index contributed by atoms with van der Waals surface area (Å²) in [6.07, 6.45) is -4.01. The highest BCUT2D eigenvalue weighted by Gasteiger charge is 2.70. The van der Waals surface area contributed by atoms with Crippen molar-refractivity contribution in [2.24, 2.45) is 22.7 Å². The molecular formula is C25H30F3N7O5. The van der Waals surface area contributed by atoms with Gasteiger partial charge in [0.15, 0.2) is 6.10 Å². The van der Waals surface area contributed by atoms with Gasteiger partial charge in [0.2, 0.25) is 17.7 Å². The zero-order valence-electron chi connectivity index (χ0n) is 22.5. The Bertz CT molecular complexity index is 1270. The molecule has 1 aromatic heterocycles. The summed E-state index contributed by atoms with van der Waals surface area (Å²) in [6, 6.07) is -1.94. The molecule has 3 heterocycles. The van der Waals surface area contributed by atoms with Crippen molar-refractivity contribution in [3.63, 3.8) is 0 Å². The number of halogens is 3. The first-order valence-corrected chi connectivity index (χ1v) is 12.6. The van der Waals surface area contributed by atoms with E-state index in [1.165, 1.54) is 38.2 Å². The summed E-state index contributed by atoms with van der Waals surface area (Å²) in [6.45, 7) is 8.45. The molecule has 2 fully saturated rings. The van der Waals surface area contributed by atoms with Gasteiger partial charge in [0.05, 0.1) is 12.3 Å². The van der Waals surface area contributed by atoms with Crippen molar-refractivity contribution < 1.29 is 37.1 Å². The molecule has 1 aromatic rings. The largest absolute Gasteiger partial charge is 0.471 e. The van der Waals surface area contributed by atoms with Gasteiger partial charge in [-0.3, -0.25) is 19.2 Å². The number of ether oxygens (including phenoxy) is 1. The van der Waals surface area contributed by atoms with Crippen LogP contribution < -0.4 is 20.7 Å². The first-order chi connectivity index (χ1) is 18.5. The van der Waals surface area contributed by atoms with Crippen molar-refractivity contribution in [3.05, 3.63) is 12.5 Å². The van der Waals surface area contributed by atoms with E-state index in [4.69, 9.17) is 4.74 Å². The predicted molar refractivity (Wildman–Crippen MR) is 131 cm³/mol. The van der Waals surface area contributed by atoms with Gasteiger partial charge >= 0.3 is 12.1 Å². The van der Waals surface area contributed by atoms with Gasteiger partial charge in [-0.25, -0.2) is 4.98 Å². The minimum Gasteiger partial charge on any atom is -0.463 e. The van der Waals surface area contributed by atoms with E-state index in [0.717, 1.165) is 0 Å². The Hall–Kier alpha value is -3.96. The summed E-state index contributed by atoms with van der Waals surface area (Å²) in [7, 11) is 0. The van der Waals surface area contributed by atoms with E-state index >= 15 is 0 Å². The molecule has 0 radical (unpaired) electrons. The number of fused-ring (bicyclic) bond motifs is 2. The van der Waals surface area contributed by atoms with Crippen molar-refractivity contribution in [1.29, 1.82) is 5.26 Å². The van der Waals surface area contributed by atoms with E-state index < -0.39 is 59.4 Å². The number of nitrogens with one attached hydrogen (secondary N) is 3. The molecule has 0 unspecified atom stereocenters. The average molecular weight is 566 g/mol. The molecule has 0 aromatic carbocycles. The van der Waals surface area contributed by atoms with Gasteiger partial charge in [0, 0.05) is 13.0 Å². The Morgan fingerprint density at radius 2 is 1.95 bits per heavy atom. The zero-order valence-corrected chi connectivity index (χ0v) is 22.5. The molecule has 3 aliphatic rings. The molecule has 6 atom stereocenters. The molecule has 0 bridgehead atoms. The number of hydrogen-bond acceptors (Lipinski definition) is 8. The van der Waals surface area contributed by atoms with Crippen LogP contribution in [-0.2, 0) is 19.2 Å². The second kappa shape index (κ2) is 9.90. The minimum atomic E-state index is -5.20. The fourth-order valence-corrected chi connectivity index (χ4v) is 5.51. The summed E-state index contributed by atoms with van der Waals surface area (Å²) >= 11 is 0. The summed E-state index contributed by atoms with van der Waals surface area (Å²) in [5.74, 6) is -4.64. The van der Waals surface area contributed by atoms with Crippen LogP contribution >= 0.6 is 0 Å². The monoisotopic (exact) mass is 565 g/mol. The van der Waals surface area contributed by atoms with Gasteiger partial charge < -0.3 is 25.6 Å². The first-order valence-electron chi connectivity index (χ1n) is 12.6. The normalized spacial score (nSPS) is 26.2. The van der Waals surface area contributed by atoms with E-state index in [2.05, 4.69) is 20.6 Å². The molecule has 12 nitrogen and oxygen atoms in total. The molecular weight excluding hydrogens is 535 g/mol. The highest BCUT2D eigenvalue weighted by atomic mass is 19.4. The van der Waals surface area contributed by atoms with Crippen molar-refractivity contribution in [2.45, 2.75) is 71.4 Å². The molecule has 3 N–H and O–H groups in total. The Morgan fingerprint density at radius 3 is 2.55 bits per heavy atom. The smallest absolute Gasteiger partial charge is 0.463 e. The number of alkyl halides is 3. The van der Waals surface area contributed by atoms with Crippen LogP contribution in [0.5, 0.6) is 5.88 Å². The molecule has 216 valence electrons. The summed E-state index contributed by atoms with van der Waals surface area (Å²) in [5.41, 5.74) is -1.18. The summed E-state index contributed by atoms with van der Waals surface area (Å²) in [5, 5.41) is 16.7. The van der Waals surface area contributed by atoms with Crippen LogP contribution in [0.15, 0.2) is 12.5 Å². The average Bonchev–Trinajstić information content (AvgIpc) is 3.18. The van der Waals surface area contributed by atoms with Crippen LogP contribution in [-0.4, -0.2) is 75.4 Å². The summed E-state index contributed by atoms with van der Waals surface area (Å²) in [4.78, 5) is 60.3. The van der Waals surface area contributed by atoms with Crippen LogP contribution in [0.25, 0.3) is 0 Å². The third kappa shape index (κ3) is 5.39. The Kier molecular flexibility index (Phi) is 7.19. The Labute approximate surface area is 228 Å². The lowest BCUT2D eigenvalue weighted by atomic mass is 9.85. The molecule has 0 spiro atoms. The number of carbonyl (C=O) groups excluding carboxylic acids is 4. The number of nitriles is 1. The SMILES string of the molecule is CC(C)(C)[C@H](NC(=O)C(F)(F)F)C(=O)N1C[C@H]2[C@@H]([C@H]1C(=O)N[C@H](C#N)C[C@@H]1Oc3ncncc3NC1=O)C2(C)C. The lowest BCUT2D eigenvalue weighted by Gasteiger charge is -2.38. The molecule has 2 aliphatic heterocycles. The Morgan fingerprint density at radius 1 is 1.27 bits per heavy atom. The van der Waals surface area contributed by atoms with Crippen LogP contribution in [0.2, 0.25) is 0 Å². The van der Waals surface area contributed by atoms with Gasteiger partial charge in [-0.2, -0.15) is 23.4 Å². The third-order valence-corrected chi connectivity index (χ3v) is 7.81. The summed E-state index contributed by atoms with van der Waals surface area (Å²) < 4.78 is 44.6. The van der Waals surface area contributed by atoms with E-state index in [9.17, 15) is 37.6 Å². The number of piperidine rings is 1. The number of hydrogen-bond donors (Lipinski definition) is 3. The van der Waals surface area contributed by atoms with Crippen LogP contribution in [0.1, 0.15) is 41.0 Å². The van der Waals surface area contributed by atoms with Gasteiger partial charge in [-0.1, -0.05) is 34.6 Å². The minimum absolute atomic E-state index is 0.102. The molecule has 1 saturated carbocycles. The number of aromatic nitrogens is 2. The van der Waals surface area contributed by atoms with Crippen LogP contribution in [0.3, 0.4) is 0 Å². The van der Waals surface area contributed by atoms with Gasteiger partial charge in [0.25, 0.3) is 5.91 Å². The number of amides is 4. The highest BCUT2D eigenvalue weighted by Crippen LogP contribution is 2.65. The van der Waals surface area contributed by atoms with Crippen molar-refractivity contribution >= 4 is 29.3 Å². The van der Waals surface area contributed by atoms with Gasteiger partial charge in [-0.15, -0.1) is 0 Å². The number of rotatable bonds is 6. The molecule has 1 saturated heterocycles. The first kappa shape index (κ1) is 29.0. The Balaban J connectivity index is 1.52. The maximum atomic E-state index is 13.6. The lowest BCUT2D eigenvalue weighted by molar-refractivity contribution is -0.176. The van der Waals surface area contributed by atoms with Crippen molar-refractivity contribution in [2.75, 3.05) is 11.9 Å². The van der Waals surface area contributed by atoms with Crippen molar-refractivity contribution in [1.82, 2.24) is 25.5 Å². The second-order valence-electron chi connectivity index (χ2n) is 11.9. The maximum Gasteiger partial charge on any atom is 0.471 e. The maximum absolute atomic E-state index is 13.6. The molecule has 15 heteroatoms. The standard InChI is InChI=1S/C25H30F3N7O5/c1-23(2,3)17(34-22(39)25(26,27)28)21(38)35-9-12-15(24(12,4)5)16(35)19(37)32-11(7-29)6-14-18(36)33-13-8-30-10-31-20(13)40-14/h8,10-12,14-17H,6,9H2,1-5H3,(H,32,37)(H,33,36)(H,34,39)/t11-,12-,14-,15-,16-,17+/m0/s1. The third-order valence-electron chi connectivity index (χ3n) is 7.81. The number of nitrogens with zero attached hydrogens (tertiary/aromatic N) is 4. The topological polar surface area (TPSA) is 166 Å². The predicted octanol–water partition coefficient (Wildman–Crippen LogP) is 1.15. The quantitative estimate of drug-likeness (QED) is 0.462. The van der Waals surface area contributed by atoms with E-state index in [1.807, 2.05) is 19.9 Å². The van der Waals surface area contributed by atoms with E-state index in [-0.39, 0.29) is 41.8 Å². The fourth-order valence-electron chi connectivity index (χ4n) is 5.51. The van der Waals surface area contributed by atoms with Crippen LogP contribution in [0, 0.1) is 34.0 Å². The van der Waals surface area contributed by atoms with E-state index in [0.29, 0.717) is 0 Å².